The van der Waals surface area contributed by atoms with Crippen LogP contribution in [0.1, 0.15) is 30.1 Å². The minimum absolute atomic E-state index is 0.244. The van der Waals surface area contributed by atoms with Crippen molar-refractivity contribution in [3.63, 3.8) is 0 Å². The molecule has 0 spiro atoms. The van der Waals surface area contributed by atoms with Gasteiger partial charge in [-0.2, -0.15) is 0 Å². The number of nitrogens with zero attached hydrogens (tertiary/aromatic N) is 3. The Kier molecular flexibility index (Phi) is 3.88. The monoisotopic (exact) mass is 343 g/mol. The van der Waals surface area contributed by atoms with Crippen LogP contribution in [0.5, 0.6) is 11.5 Å². The Labute approximate surface area is 145 Å². The van der Waals surface area contributed by atoms with Gasteiger partial charge in [0.05, 0.1) is 0 Å². The Morgan fingerprint density at radius 1 is 1.08 bits per heavy atom. The Balaban J connectivity index is 1.63. The van der Waals surface area contributed by atoms with Gasteiger partial charge in [-0.3, -0.25) is 18.8 Å². The van der Waals surface area contributed by atoms with Gasteiger partial charge in [-0.15, -0.1) is 0 Å². The number of rotatable bonds is 3. The van der Waals surface area contributed by atoms with E-state index in [2.05, 4.69) is 11.0 Å². The molecule has 3 heterocycles. The molecule has 0 N–H and O–H groups in total. The topological polar surface area (TPSA) is 65.7 Å². The van der Waals surface area contributed by atoms with Crippen LogP contribution in [-0.2, 0) is 20.6 Å². The predicted octanol–water partition coefficient (Wildman–Crippen LogP) is 1.15. The zero-order chi connectivity index (χ0) is 17.6. The second kappa shape index (κ2) is 6.07. The van der Waals surface area contributed by atoms with E-state index in [0.29, 0.717) is 6.54 Å². The SMILES string of the molecule is Cn1c(CN2CCC[C@@H]2c2ccc3c(c2)OCO3)cc(=O)n(C)c1=O. The molecule has 0 bridgehead atoms. The van der Waals surface area contributed by atoms with Crippen molar-refractivity contribution in [1.29, 1.82) is 0 Å². The fourth-order valence-electron chi connectivity index (χ4n) is 3.65. The Bertz CT molecular complexity index is 931. The summed E-state index contributed by atoms with van der Waals surface area (Å²) >= 11 is 0. The predicted molar refractivity (Wildman–Crippen MR) is 91.9 cm³/mol. The summed E-state index contributed by atoms with van der Waals surface area (Å²) in [5.41, 5.74) is 1.36. The van der Waals surface area contributed by atoms with Gasteiger partial charge < -0.3 is 9.47 Å². The quantitative estimate of drug-likeness (QED) is 0.836. The van der Waals surface area contributed by atoms with E-state index in [4.69, 9.17) is 9.47 Å². The van der Waals surface area contributed by atoms with E-state index in [1.165, 1.54) is 12.6 Å². The molecule has 2 aliphatic rings. The molecule has 0 amide bonds. The van der Waals surface area contributed by atoms with Crippen LogP contribution in [0.2, 0.25) is 0 Å². The average Bonchev–Trinajstić information content (AvgIpc) is 3.26. The lowest BCUT2D eigenvalue weighted by Gasteiger charge is -2.25. The van der Waals surface area contributed by atoms with E-state index in [9.17, 15) is 9.59 Å². The van der Waals surface area contributed by atoms with Gasteiger partial charge in [0, 0.05) is 38.4 Å². The number of benzene rings is 1. The van der Waals surface area contributed by atoms with E-state index < -0.39 is 0 Å². The van der Waals surface area contributed by atoms with Gasteiger partial charge in [0.1, 0.15) is 0 Å². The largest absolute Gasteiger partial charge is 0.454 e. The molecule has 0 unspecified atom stereocenters. The number of aromatic nitrogens is 2. The zero-order valence-electron chi connectivity index (χ0n) is 14.4. The lowest BCUT2D eigenvalue weighted by atomic mass is 10.0. The highest BCUT2D eigenvalue weighted by Crippen LogP contribution is 2.39. The summed E-state index contributed by atoms with van der Waals surface area (Å²) in [5, 5.41) is 0. The highest BCUT2D eigenvalue weighted by molar-refractivity contribution is 5.45. The van der Waals surface area contributed by atoms with E-state index in [1.807, 2.05) is 12.1 Å². The normalized spacial score (nSPS) is 19.5. The third-order valence-corrected chi connectivity index (χ3v) is 5.14. The minimum Gasteiger partial charge on any atom is -0.454 e. The van der Waals surface area contributed by atoms with Gasteiger partial charge >= 0.3 is 5.69 Å². The van der Waals surface area contributed by atoms with Gasteiger partial charge in [0.15, 0.2) is 11.5 Å². The molecule has 2 aliphatic heterocycles. The van der Waals surface area contributed by atoms with E-state index in [-0.39, 0.29) is 24.1 Å². The number of ether oxygens (including phenoxy) is 2. The van der Waals surface area contributed by atoms with Gasteiger partial charge in [-0.05, 0) is 37.1 Å². The van der Waals surface area contributed by atoms with Gasteiger partial charge in [-0.1, -0.05) is 6.07 Å². The molecule has 1 atom stereocenters. The van der Waals surface area contributed by atoms with Crippen molar-refractivity contribution in [3.8, 4) is 11.5 Å². The first-order chi connectivity index (χ1) is 12.0. The van der Waals surface area contributed by atoms with Crippen molar-refractivity contribution >= 4 is 0 Å². The maximum atomic E-state index is 12.1. The second-order valence-electron chi connectivity index (χ2n) is 6.62. The summed E-state index contributed by atoms with van der Waals surface area (Å²) in [4.78, 5) is 26.4. The third-order valence-electron chi connectivity index (χ3n) is 5.14. The molecule has 7 nitrogen and oxygen atoms in total. The maximum Gasteiger partial charge on any atom is 0.330 e. The molecule has 1 aromatic heterocycles. The lowest BCUT2D eigenvalue weighted by Crippen LogP contribution is -2.39. The minimum atomic E-state index is -0.290. The second-order valence-corrected chi connectivity index (χ2v) is 6.62. The molecular weight excluding hydrogens is 322 g/mol. The lowest BCUT2D eigenvalue weighted by molar-refractivity contribution is 0.173. The molecule has 0 radical (unpaired) electrons. The van der Waals surface area contributed by atoms with Crippen LogP contribution in [-0.4, -0.2) is 27.4 Å². The van der Waals surface area contributed by atoms with Crippen LogP contribution in [0.4, 0.5) is 0 Å². The number of likely N-dealkylation sites (tertiary alicyclic amines) is 1. The van der Waals surface area contributed by atoms with Crippen LogP contribution in [0.3, 0.4) is 0 Å². The van der Waals surface area contributed by atoms with Crippen molar-refractivity contribution in [1.82, 2.24) is 14.0 Å². The summed E-state index contributed by atoms with van der Waals surface area (Å²) in [6.45, 7) is 1.77. The van der Waals surface area contributed by atoms with Crippen molar-refractivity contribution in [3.05, 3.63) is 56.4 Å². The summed E-state index contributed by atoms with van der Waals surface area (Å²) < 4.78 is 13.5. The van der Waals surface area contributed by atoms with E-state index >= 15 is 0 Å². The van der Waals surface area contributed by atoms with Crippen LogP contribution < -0.4 is 20.7 Å². The molecule has 132 valence electrons. The molecule has 0 saturated carbocycles. The van der Waals surface area contributed by atoms with Gasteiger partial charge in [0.25, 0.3) is 5.56 Å². The molecule has 25 heavy (non-hydrogen) atoms. The highest BCUT2D eigenvalue weighted by atomic mass is 16.7. The van der Waals surface area contributed by atoms with Crippen molar-refractivity contribution in [2.45, 2.75) is 25.4 Å². The van der Waals surface area contributed by atoms with Gasteiger partial charge in [-0.25, -0.2) is 4.79 Å². The molecule has 2 aromatic rings. The Morgan fingerprint density at radius 3 is 2.72 bits per heavy atom. The summed E-state index contributed by atoms with van der Waals surface area (Å²) in [7, 11) is 3.21. The summed E-state index contributed by atoms with van der Waals surface area (Å²) in [5.74, 6) is 1.56. The molecular formula is C18H21N3O4. The molecule has 1 saturated heterocycles. The number of fused-ring (bicyclic) bond motifs is 1. The van der Waals surface area contributed by atoms with Gasteiger partial charge in [0.2, 0.25) is 6.79 Å². The average molecular weight is 343 g/mol. The molecule has 0 aliphatic carbocycles. The third kappa shape index (κ3) is 2.74. The van der Waals surface area contributed by atoms with Crippen LogP contribution >= 0.6 is 0 Å². The first kappa shape index (κ1) is 16.0. The number of hydrogen-bond acceptors (Lipinski definition) is 5. The van der Waals surface area contributed by atoms with Crippen LogP contribution in [0, 0.1) is 0 Å². The molecule has 4 rings (SSSR count). The van der Waals surface area contributed by atoms with Crippen molar-refractivity contribution in [2.24, 2.45) is 14.1 Å². The Hall–Kier alpha value is -2.54. The zero-order valence-corrected chi connectivity index (χ0v) is 14.4. The van der Waals surface area contributed by atoms with E-state index in [0.717, 1.165) is 41.1 Å². The number of hydrogen-bond donors (Lipinski definition) is 0. The van der Waals surface area contributed by atoms with Crippen LogP contribution in [0.25, 0.3) is 0 Å². The highest BCUT2D eigenvalue weighted by Gasteiger charge is 2.28. The van der Waals surface area contributed by atoms with E-state index in [1.54, 1.807) is 17.7 Å². The fraction of sp³-hybridized carbons (Fsp3) is 0.444. The maximum absolute atomic E-state index is 12.1. The molecule has 7 heteroatoms. The standard InChI is InChI=1S/C18H21N3O4/c1-19-13(9-17(22)20(2)18(19)23)10-21-7-3-4-14(21)12-5-6-15-16(8-12)25-11-24-15/h5-6,8-9,14H,3-4,7,10-11H2,1-2H3/t14-/m1/s1. The van der Waals surface area contributed by atoms with Crippen molar-refractivity contribution < 1.29 is 9.47 Å². The smallest absolute Gasteiger partial charge is 0.330 e. The summed E-state index contributed by atoms with van der Waals surface area (Å²) in [6, 6.07) is 7.85. The summed E-state index contributed by atoms with van der Waals surface area (Å²) in [6.07, 6.45) is 2.12. The Morgan fingerprint density at radius 2 is 1.88 bits per heavy atom. The fourth-order valence-corrected chi connectivity index (χ4v) is 3.65. The molecule has 1 fully saturated rings. The first-order valence-corrected chi connectivity index (χ1v) is 8.44. The molecule has 1 aromatic carbocycles. The van der Waals surface area contributed by atoms with Crippen molar-refractivity contribution in [2.75, 3.05) is 13.3 Å². The van der Waals surface area contributed by atoms with Crippen LogP contribution in [0.15, 0.2) is 33.9 Å². The first-order valence-electron chi connectivity index (χ1n) is 8.44.